The minimum atomic E-state index is -0.528. The van der Waals surface area contributed by atoms with E-state index < -0.39 is 12.2 Å². The monoisotopic (exact) mass is 416 g/mol. The predicted molar refractivity (Wildman–Crippen MR) is 112 cm³/mol. The first-order chi connectivity index (χ1) is 14.5. The number of ether oxygens (including phenoxy) is 3. The van der Waals surface area contributed by atoms with Crippen LogP contribution in [0.25, 0.3) is 0 Å². The maximum atomic E-state index is 12.6. The summed E-state index contributed by atoms with van der Waals surface area (Å²) in [6, 6.07) is 7.54. The molecule has 7 nitrogen and oxygen atoms in total. The van der Waals surface area contributed by atoms with E-state index in [1.54, 1.807) is 0 Å². The Morgan fingerprint density at radius 3 is 2.40 bits per heavy atom. The van der Waals surface area contributed by atoms with Crippen LogP contribution in [0, 0.1) is 5.92 Å². The number of fused-ring (bicyclic) bond motifs is 1. The van der Waals surface area contributed by atoms with Crippen molar-refractivity contribution in [2.45, 2.75) is 76.2 Å². The van der Waals surface area contributed by atoms with E-state index in [1.165, 1.54) is 12.0 Å². The van der Waals surface area contributed by atoms with Crippen LogP contribution in [-0.4, -0.2) is 49.6 Å². The topological polar surface area (TPSA) is 85.9 Å². The molecule has 7 heteroatoms. The van der Waals surface area contributed by atoms with Crippen molar-refractivity contribution in [3.63, 3.8) is 0 Å². The third kappa shape index (κ3) is 4.78. The maximum Gasteiger partial charge on any atom is 0.412 e. The van der Waals surface area contributed by atoms with Gasteiger partial charge in [-0.2, -0.15) is 0 Å². The fourth-order valence-electron chi connectivity index (χ4n) is 4.59. The molecule has 2 saturated heterocycles. The molecule has 4 atom stereocenters. The summed E-state index contributed by atoms with van der Waals surface area (Å²) in [5, 5.41) is 5.86. The molecule has 0 radical (unpaired) electrons. The summed E-state index contributed by atoms with van der Waals surface area (Å²) in [6.45, 7) is 4.90. The maximum absolute atomic E-state index is 12.6. The van der Waals surface area contributed by atoms with Crippen molar-refractivity contribution in [3.8, 4) is 0 Å². The van der Waals surface area contributed by atoms with E-state index in [2.05, 4.69) is 24.5 Å². The van der Waals surface area contributed by atoms with Crippen LogP contribution >= 0.6 is 0 Å². The van der Waals surface area contributed by atoms with Crippen LogP contribution in [0.5, 0.6) is 0 Å². The third-order valence-corrected chi connectivity index (χ3v) is 6.39. The van der Waals surface area contributed by atoms with Crippen molar-refractivity contribution < 1.29 is 23.8 Å². The molecule has 4 rings (SSSR count). The number of benzene rings is 1. The molecular formula is C23H32N2O5. The van der Waals surface area contributed by atoms with Crippen molar-refractivity contribution in [1.82, 2.24) is 5.32 Å². The number of amides is 2. The molecule has 0 spiro atoms. The van der Waals surface area contributed by atoms with Crippen LogP contribution in [0.4, 0.5) is 10.5 Å². The van der Waals surface area contributed by atoms with E-state index in [4.69, 9.17) is 14.2 Å². The lowest BCUT2D eigenvalue weighted by Crippen LogP contribution is -2.46. The third-order valence-electron chi connectivity index (χ3n) is 6.39. The minimum Gasteiger partial charge on any atom is -0.441 e. The van der Waals surface area contributed by atoms with Crippen molar-refractivity contribution in [1.29, 1.82) is 0 Å². The van der Waals surface area contributed by atoms with E-state index in [9.17, 15) is 9.59 Å². The van der Waals surface area contributed by atoms with Gasteiger partial charge in [-0.15, -0.1) is 0 Å². The van der Waals surface area contributed by atoms with Crippen molar-refractivity contribution >= 4 is 17.7 Å². The molecule has 164 valence electrons. The van der Waals surface area contributed by atoms with Gasteiger partial charge in [0.2, 0.25) is 5.91 Å². The normalized spacial score (nSPS) is 28.9. The molecule has 0 bridgehead atoms. The molecule has 1 aliphatic carbocycles. The van der Waals surface area contributed by atoms with Gasteiger partial charge in [0.25, 0.3) is 0 Å². The molecule has 1 aromatic rings. The van der Waals surface area contributed by atoms with Gasteiger partial charge in [-0.05, 0) is 36.5 Å². The van der Waals surface area contributed by atoms with E-state index in [0.717, 1.165) is 25.7 Å². The summed E-state index contributed by atoms with van der Waals surface area (Å²) in [5.41, 5.74) is 1.89. The molecule has 3 fully saturated rings. The standard InChI is InChI=1S/C23H32N2O5/c1-14(2)15-8-10-17(11-9-15)24-23(27)30-19-13-29-20-18(12-28-21(19)20)25-22(26)16-6-4-3-5-7-16/h8-11,14,16,18-21H,3-7,12-13H2,1-2H3,(H,24,27)(H,25,26). The highest BCUT2D eigenvalue weighted by atomic mass is 16.6. The highest BCUT2D eigenvalue weighted by Gasteiger charge is 2.50. The van der Waals surface area contributed by atoms with Gasteiger partial charge in [0.15, 0.2) is 6.10 Å². The van der Waals surface area contributed by atoms with E-state index >= 15 is 0 Å². The second-order valence-corrected chi connectivity index (χ2v) is 8.89. The first kappa shape index (κ1) is 21.1. The molecule has 2 aliphatic heterocycles. The first-order valence-corrected chi connectivity index (χ1v) is 11.1. The molecule has 1 saturated carbocycles. The predicted octanol–water partition coefficient (Wildman–Crippen LogP) is 3.59. The quantitative estimate of drug-likeness (QED) is 0.766. The Hall–Kier alpha value is -2.12. The summed E-state index contributed by atoms with van der Waals surface area (Å²) in [5.74, 6) is 0.628. The van der Waals surface area contributed by atoms with Crippen LogP contribution in [0.2, 0.25) is 0 Å². The van der Waals surface area contributed by atoms with Gasteiger partial charge in [0, 0.05) is 11.6 Å². The summed E-state index contributed by atoms with van der Waals surface area (Å²) in [6.07, 6.45) is 3.72. The van der Waals surface area contributed by atoms with Gasteiger partial charge in [0.1, 0.15) is 12.2 Å². The fraction of sp³-hybridized carbons (Fsp3) is 0.652. The zero-order valence-electron chi connectivity index (χ0n) is 17.8. The highest BCUT2D eigenvalue weighted by Crippen LogP contribution is 2.30. The Balaban J connectivity index is 1.27. The average Bonchev–Trinajstić information content (AvgIpc) is 3.32. The van der Waals surface area contributed by atoms with E-state index in [0.29, 0.717) is 18.2 Å². The van der Waals surface area contributed by atoms with Crippen LogP contribution in [0.3, 0.4) is 0 Å². The van der Waals surface area contributed by atoms with Crippen LogP contribution in [0.1, 0.15) is 57.4 Å². The molecule has 2 amide bonds. The second kappa shape index (κ2) is 9.35. The molecule has 30 heavy (non-hydrogen) atoms. The van der Waals surface area contributed by atoms with Crippen LogP contribution in [0.15, 0.2) is 24.3 Å². The van der Waals surface area contributed by atoms with E-state index in [-0.39, 0.29) is 36.7 Å². The number of carbonyl (C=O) groups excluding carboxylic acids is 2. The molecule has 2 heterocycles. The summed E-state index contributed by atoms with van der Waals surface area (Å²) >= 11 is 0. The molecule has 2 N–H and O–H groups in total. The van der Waals surface area contributed by atoms with Gasteiger partial charge in [-0.1, -0.05) is 45.2 Å². The Morgan fingerprint density at radius 1 is 1.00 bits per heavy atom. The highest BCUT2D eigenvalue weighted by molar-refractivity contribution is 5.84. The lowest BCUT2D eigenvalue weighted by molar-refractivity contribution is -0.127. The smallest absolute Gasteiger partial charge is 0.412 e. The summed E-state index contributed by atoms with van der Waals surface area (Å²) in [7, 11) is 0. The Labute approximate surface area is 177 Å². The molecule has 0 aromatic heterocycles. The first-order valence-electron chi connectivity index (χ1n) is 11.1. The zero-order valence-corrected chi connectivity index (χ0v) is 17.8. The van der Waals surface area contributed by atoms with Crippen molar-refractivity contribution in [3.05, 3.63) is 29.8 Å². The van der Waals surface area contributed by atoms with Crippen molar-refractivity contribution in [2.75, 3.05) is 18.5 Å². The minimum absolute atomic E-state index is 0.0964. The van der Waals surface area contributed by atoms with E-state index in [1.807, 2.05) is 24.3 Å². The number of anilines is 1. The van der Waals surface area contributed by atoms with Crippen LogP contribution < -0.4 is 10.6 Å². The number of carbonyl (C=O) groups is 2. The van der Waals surface area contributed by atoms with Gasteiger partial charge in [0.05, 0.1) is 19.3 Å². The largest absolute Gasteiger partial charge is 0.441 e. The summed E-state index contributed by atoms with van der Waals surface area (Å²) < 4.78 is 17.2. The second-order valence-electron chi connectivity index (χ2n) is 8.89. The lowest BCUT2D eigenvalue weighted by atomic mass is 9.88. The van der Waals surface area contributed by atoms with Crippen molar-refractivity contribution in [2.24, 2.45) is 5.92 Å². The van der Waals surface area contributed by atoms with Gasteiger partial charge >= 0.3 is 6.09 Å². The Morgan fingerprint density at radius 2 is 1.70 bits per heavy atom. The Kier molecular flexibility index (Phi) is 6.58. The van der Waals surface area contributed by atoms with Crippen LogP contribution in [-0.2, 0) is 19.0 Å². The fourth-order valence-corrected chi connectivity index (χ4v) is 4.59. The van der Waals surface area contributed by atoms with Gasteiger partial charge in [-0.3, -0.25) is 10.1 Å². The Bertz CT molecular complexity index is 744. The SMILES string of the molecule is CC(C)c1ccc(NC(=O)OC2COC3C(NC(=O)C4CCCCC4)COC23)cc1. The number of nitrogens with one attached hydrogen (secondary N) is 2. The molecule has 4 unspecified atom stereocenters. The summed E-state index contributed by atoms with van der Waals surface area (Å²) in [4.78, 5) is 24.9. The molecule has 3 aliphatic rings. The molecular weight excluding hydrogens is 384 g/mol. The molecule has 1 aromatic carbocycles. The number of hydrogen-bond acceptors (Lipinski definition) is 5. The van der Waals surface area contributed by atoms with Gasteiger partial charge < -0.3 is 19.5 Å². The lowest BCUT2D eigenvalue weighted by Gasteiger charge is -2.24. The zero-order chi connectivity index (χ0) is 21.1. The average molecular weight is 417 g/mol. The number of rotatable bonds is 5. The number of hydrogen-bond donors (Lipinski definition) is 2. The van der Waals surface area contributed by atoms with Gasteiger partial charge in [-0.25, -0.2) is 4.79 Å².